The van der Waals surface area contributed by atoms with Gasteiger partial charge in [0.2, 0.25) is 0 Å². The van der Waals surface area contributed by atoms with Crippen molar-refractivity contribution in [1.82, 2.24) is 9.97 Å². The average Bonchev–Trinajstić information content (AvgIpc) is 2.81. The number of carbonyl (C=O) groups is 1. The molecule has 32 heavy (non-hydrogen) atoms. The molecule has 1 heterocycles. The van der Waals surface area contributed by atoms with Gasteiger partial charge in [0.25, 0.3) is 5.91 Å². The Morgan fingerprint density at radius 1 is 1.00 bits per heavy atom. The van der Waals surface area contributed by atoms with Crippen LogP contribution in [0.2, 0.25) is 0 Å². The van der Waals surface area contributed by atoms with Crippen molar-refractivity contribution in [3.63, 3.8) is 0 Å². The molecule has 6 N–H and O–H groups in total. The number of nitrogens with two attached hydrogens (primary N) is 2. The molecule has 1 unspecified atom stereocenters. The van der Waals surface area contributed by atoms with E-state index in [0.717, 1.165) is 10.9 Å². The number of anilines is 3. The van der Waals surface area contributed by atoms with Crippen molar-refractivity contribution in [2.45, 2.75) is 6.16 Å². The van der Waals surface area contributed by atoms with Crippen molar-refractivity contribution in [3.8, 4) is 17.0 Å². The van der Waals surface area contributed by atoms with Gasteiger partial charge in [0.05, 0.1) is 17.6 Å². The minimum atomic E-state index is -0.179. The molecular formula is C24H22N5O2P. The fourth-order valence-electron chi connectivity index (χ4n) is 3.10. The fourth-order valence-corrected chi connectivity index (χ4v) is 4.26. The lowest BCUT2D eigenvalue weighted by Crippen LogP contribution is -2.14. The number of aromatic hydroxyl groups is 1. The topological polar surface area (TPSA) is 127 Å². The number of phenols is 1. The number of benzene rings is 3. The molecule has 0 bridgehead atoms. The lowest BCUT2D eigenvalue weighted by Gasteiger charge is -2.11. The third kappa shape index (κ3) is 5.02. The molecule has 3 aromatic carbocycles. The van der Waals surface area contributed by atoms with E-state index >= 15 is 0 Å². The number of rotatable bonds is 6. The summed E-state index contributed by atoms with van der Waals surface area (Å²) in [6, 6.07) is 21.2. The van der Waals surface area contributed by atoms with Gasteiger partial charge in [-0.25, -0.2) is 9.97 Å². The highest BCUT2D eigenvalue weighted by molar-refractivity contribution is 7.46. The summed E-state index contributed by atoms with van der Waals surface area (Å²) in [5, 5.41) is 13.3. The SMILES string of the molecule is Nc1ccc(NC(=O)c2ccccc2)cc1PCc1nc(-c2ccc(O)cc2)cnc1N. The van der Waals surface area contributed by atoms with Crippen LogP contribution in [0.5, 0.6) is 5.75 Å². The second-order valence-electron chi connectivity index (χ2n) is 7.11. The smallest absolute Gasteiger partial charge is 0.255 e. The van der Waals surface area contributed by atoms with Crippen molar-refractivity contribution >= 4 is 37.0 Å². The summed E-state index contributed by atoms with van der Waals surface area (Å²) in [5.41, 5.74) is 16.3. The van der Waals surface area contributed by atoms with Crippen LogP contribution < -0.4 is 22.1 Å². The largest absolute Gasteiger partial charge is 0.508 e. The maximum absolute atomic E-state index is 12.4. The van der Waals surface area contributed by atoms with E-state index in [9.17, 15) is 9.90 Å². The molecule has 0 fully saturated rings. The van der Waals surface area contributed by atoms with Gasteiger partial charge in [0, 0.05) is 28.7 Å². The molecule has 0 saturated carbocycles. The molecule has 1 atom stereocenters. The molecule has 4 rings (SSSR count). The number of aromatic nitrogens is 2. The van der Waals surface area contributed by atoms with Gasteiger partial charge in [-0.2, -0.15) is 0 Å². The first kappa shape index (κ1) is 21.3. The summed E-state index contributed by atoms with van der Waals surface area (Å²) in [6.45, 7) is 0. The van der Waals surface area contributed by atoms with E-state index in [4.69, 9.17) is 11.5 Å². The maximum Gasteiger partial charge on any atom is 0.255 e. The Bertz CT molecular complexity index is 1250. The summed E-state index contributed by atoms with van der Waals surface area (Å²) >= 11 is 0. The van der Waals surface area contributed by atoms with Crippen LogP contribution in [-0.4, -0.2) is 21.0 Å². The van der Waals surface area contributed by atoms with Gasteiger partial charge >= 0.3 is 0 Å². The zero-order chi connectivity index (χ0) is 22.5. The zero-order valence-electron chi connectivity index (χ0n) is 17.1. The van der Waals surface area contributed by atoms with Gasteiger partial charge < -0.3 is 21.9 Å². The van der Waals surface area contributed by atoms with Crippen molar-refractivity contribution in [2.75, 3.05) is 16.8 Å². The van der Waals surface area contributed by atoms with Crippen LogP contribution in [0.1, 0.15) is 16.1 Å². The Morgan fingerprint density at radius 2 is 1.75 bits per heavy atom. The van der Waals surface area contributed by atoms with Gasteiger partial charge in [0.1, 0.15) is 11.6 Å². The van der Waals surface area contributed by atoms with E-state index in [1.165, 1.54) is 0 Å². The summed E-state index contributed by atoms with van der Waals surface area (Å²) < 4.78 is 0. The van der Waals surface area contributed by atoms with Crippen LogP contribution in [0.15, 0.2) is 79.0 Å². The third-order valence-corrected chi connectivity index (χ3v) is 6.16. The molecule has 7 nitrogen and oxygen atoms in total. The first-order valence-electron chi connectivity index (χ1n) is 9.90. The number of amides is 1. The normalized spacial score (nSPS) is 11.0. The summed E-state index contributed by atoms with van der Waals surface area (Å²) in [4.78, 5) is 21.4. The minimum Gasteiger partial charge on any atom is -0.508 e. The monoisotopic (exact) mass is 443 g/mol. The van der Waals surface area contributed by atoms with Crippen molar-refractivity contribution in [1.29, 1.82) is 0 Å². The Balaban J connectivity index is 1.50. The van der Waals surface area contributed by atoms with Crippen LogP contribution in [0.25, 0.3) is 11.3 Å². The van der Waals surface area contributed by atoms with Gasteiger partial charge in [-0.05, 0) is 59.9 Å². The minimum absolute atomic E-state index is 0.179. The molecule has 8 heteroatoms. The first-order chi connectivity index (χ1) is 15.5. The van der Waals surface area contributed by atoms with E-state index in [0.29, 0.717) is 40.3 Å². The number of phenolic OH excluding ortho intramolecular Hbond substituents is 1. The number of nitrogens with zero attached hydrogens (tertiary/aromatic N) is 2. The van der Waals surface area contributed by atoms with E-state index in [1.807, 2.05) is 24.3 Å². The Morgan fingerprint density at radius 3 is 2.50 bits per heavy atom. The van der Waals surface area contributed by atoms with E-state index in [-0.39, 0.29) is 20.2 Å². The highest BCUT2D eigenvalue weighted by Gasteiger charge is 2.11. The second kappa shape index (κ2) is 9.45. The molecule has 1 amide bonds. The van der Waals surface area contributed by atoms with Crippen LogP contribution >= 0.6 is 8.58 Å². The predicted octanol–water partition coefficient (Wildman–Crippen LogP) is 3.77. The van der Waals surface area contributed by atoms with E-state index in [1.54, 1.807) is 54.7 Å². The molecular weight excluding hydrogens is 421 g/mol. The summed E-state index contributed by atoms with van der Waals surface area (Å²) in [7, 11) is 0.290. The highest BCUT2D eigenvalue weighted by atomic mass is 31.1. The molecule has 160 valence electrons. The highest BCUT2D eigenvalue weighted by Crippen LogP contribution is 2.27. The van der Waals surface area contributed by atoms with Crippen LogP contribution in [0, 0.1) is 0 Å². The molecule has 0 aliphatic rings. The summed E-state index contributed by atoms with van der Waals surface area (Å²) in [6.07, 6.45) is 2.17. The Labute approximate surface area is 187 Å². The quantitative estimate of drug-likeness (QED) is 0.265. The average molecular weight is 443 g/mol. The second-order valence-corrected chi connectivity index (χ2v) is 8.36. The van der Waals surface area contributed by atoms with E-state index in [2.05, 4.69) is 15.3 Å². The van der Waals surface area contributed by atoms with Crippen LogP contribution in [0.4, 0.5) is 17.2 Å². The fraction of sp³-hybridized carbons (Fsp3) is 0.0417. The molecule has 0 aliphatic heterocycles. The van der Waals surface area contributed by atoms with Gasteiger partial charge in [-0.15, -0.1) is 0 Å². The number of hydrogen-bond acceptors (Lipinski definition) is 6. The number of nitrogen functional groups attached to an aromatic ring is 2. The third-order valence-electron chi connectivity index (χ3n) is 4.83. The van der Waals surface area contributed by atoms with E-state index < -0.39 is 0 Å². The molecule has 1 aromatic heterocycles. The predicted molar refractivity (Wildman–Crippen MR) is 130 cm³/mol. The van der Waals surface area contributed by atoms with Gasteiger partial charge in [-0.3, -0.25) is 4.79 Å². The van der Waals surface area contributed by atoms with Crippen molar-refractivity contribution in [3.05, 3.63) is 90.3 Å². The molecule has 4 aromatic rings. The lowest BCUT2D eigenvalue weighted by molar-refractivity contribution is 0.102. The van der Waals surface area contributed by atoms with Gasteiger partial charge in [-0.1, -0.05) is 26.8 Å². The van der Waals surface area contributed by atoms with Crippen molar-refractivity contribution in [2.24, 2.45) is 0 Å². The molecule has 0 spiro atoms. The summed E-state index contributed by atoms with van der Waals surface area (Å²) in [5.74, 6) is 0.377. The zero-order valence-corrected chi connectivity index (χ0v) is 18.1. The Kier molecular flexibility index (Phi) is 6.29. The molecule has 0 aliphatic carbocycles. The molecule has 0 radical (unpaired) electrons. The maximum atomic E-state index is 12.4. The van der Waals surface area contributed by atoms with Crippen molar-refractivity contribution < 1.29 is 9.90 Å². The standard InChI is InChI=1S/C24H22N5O2P/c25-19-11-8-17(28-24(31)16-4-2-1-3-5-16)12-22(19)32-14-21-23(26)27-13-20(29-21)15-6-9-18(30)10-7-15/h1-13,30,32H,14,25H2,(H2,26,27)(H,28,31). The first-order valence-corrected chi connectivity index (χ1v) is 11.1. The van der Waals surface area contributed by atoms with Gasteiger partial charge in [0.15, 0.2) is 0 Å². The Hall–Kier alpha value is -3.96. The van der Waals surface area contributed by atoms with Crippen LogP contribution in [0.3, 0.4) is 0 Å². The number of carbonyl (C=O) groups excluding carboxylic acids is 1. The van der Waals surface area contributed by atoms with Crippen LogP contribution in [-0.2, 0) is 6.16 Å². The number of nitrogens with one attached hydrogen (secondary N) is 1. The molecule has 0 saturated heterocycles. The number of hydrogen-bond donors (Lipinski definition) is 4. The lowest BCUT2D eigenvalue weighted by atomic mass is 10.1.